The summed E-state index contributed by atoms with van der Waals surface area (Å²) in [6, 6.07) is 8.99. The Kier molecular flexibility index (Phi) is 4.92. The molecule has 0 aromatic heterocycles. The van der Waals surface area contributed by atoms with E-state index >= 15 is 0 Å². The molecule has 0 spiro atoms. The number of aliphatic imine (C=N–C) groups is 1. The predicted octanol–water partition coefficient (Wildman–Crippen LogP) is 4.25. The Bertz CT molecular complexity index is 985. The fourth-order valence-electron chi connectivity index (χ4n) is 2.25. The molecule has 132 valence electrons. The summed E-state index contributed by atoms with van der Waals surface area (Å²) in [5.41, 5.74) is 0.626. The highest BCUT2D eigenvalue weighted by Gasteiger charge is 2.26. The normalized spacial score (nSPS) is 15.0. The van der Waals surface area contributed by atoms with E-state index in [0.717, 1.165) is 0 Å². The lowest BCUT2D eigenvalue weighted by molar-refractivity contribution is -0.384. The van der Waals surface area contributed by atoms with Crippen LogP contribution >= 0.6 is 23.2 Å². The maximum absolute atomic E-state index is 12.0. The fraction of sp³-hybridized carbons (Fsp3) is 0.0588. The van der Waals surface area contributed by atoms with E-state index < -0.39 is 10.9 Å². The molecule has 0 unspecified atom stereocenters. The second kappa shape index (κ2) is 7.15. The second-order valence-electron chi connectivity index (χ2n) is 5.15. The number of rotatable bonds is 4. The van der Waals surface area contributed by atoms with Crippen LogP contribution in [0.4, 0.5) is 5.69 Å². The summed E-state index contributed by atoms with van der Waals surface area (Å²) in [6.45, 7) is 0. The van der Waals surface area contributed by atoms with Gasteiger partial charge in [0.05, 0.1) is 17.1 Å². The molecule has 0 N–H and O–H groups in total. The summed E-state index contributed by atoms with van der Waals surface area (Å²) in [5, 5.41) is 11.3. The molecule has 0 aliphatic carbocycles. The minimum atomic E-state index is -0.676. The number of carbonyl (C=O) groups is 1. The molecule has 0 atom stereocenters. The Morgan fingerprint density at radius 2 is 1.96 bits per heavy atom. The molecule has 0 saturated carbocycles. The third kappa shape index (κ3) is 3.54. The SMILES string of the molecule is COc1ccc(/C=C2/N=C(c3ccc(Cl)c([N+](=O)[O-])c3)OC2=O)cc1Cl. The molecule has 26 heavy (non-hydrogen) atoms. The summed E-state index contributed by atoms with van der Waals surface area (Å²) in [7, 11) is 1.50. The minimum absolute atomic E-state index is 0.0210. The smallest absolute Gasteiger partial charge is 0.363 e. The van der Waals surface area contributed by atoms with Crippen LogP contribution < -0.4 is 4.74 Å². The van der Waals surface area contributed by atoms with Gasteiger partial charge in [0, 0.05) is 11.6 Å². The van der Waals surface area contributed by atoms with Crippen molar-refractivity contribution in [1.29, 1.82) is 0 Å². The van der Waals surface area contributed by atoms with Crippen molar-refractivity contribution < 1.29 is 19.2 Å². The maximum atomic E-state index is 12.0. The van der Waals surface area contributed by atoms with E-state index in [2.05, 4.69) is 4.99 Å². The van der Waals surface area contributed by atoms with Gasteiger partial charge in [-0.3, -0.25) is 10.1 Å². The van der Waals surface area contributed by atoms with Crippen LogP contribution in [0.15, 0.2) is 47.1 Å². The lowest BCUT2D eigenvalue weighted by Crippen LogP contribution is -2.06. The van der Waals surface area contributed by atoms with Gasteiger partial charge in [-0.15, -0.1) is 0 Å². The molecule has 1 heterocycles. The lowest BCUT2D eigenvalue weighted by atomic mass is 10.2. The number of nitro groups is 1. The van der Waals surface area contributed by atoms with Gasteiger partial charge in [0.15, 0.2) is 5.70 Å². The first-order valence-corrected chi connectivity index (χ1v) is 7.95. The highest BCUT2D eigenvalue weighted by molar-refractivity contribution is 6.33. The van der Waals surface area contributed by atoms with Gasteiger partial charge in [-0.2, -0.15) is 0 Å². The molecule has 2 aromatic carbocycles. The summed E-state index contributed by atoms with van der Waals surface area (Å²) < 4.78 is 10.2. The first-order valence-electron chi connectivity index (χ1n) is 7.19. The number of carbonyl (C=O) groups excluding carboxylic acids is 1. The zero-order valence-corrected chi connectivity index (χ0v) is 14.7. The van der Waals surface area contributed by atoms with Crippen molar-refractivity contribution >= 4 is 46.8 Å². The number of methoxy groups -OCH3 is 1. The van der Waals surface area contributed by atoms with Gasteiger partial charge >= 0.3 is 5.97 Å². The molecule has 3 rings (SSSR count). The van der Waals surface area contributed by atoms with Gasteiger partial charge in [0.1, 0.15) is 10.8 Å². The van der Waals surface area contributed by atoms with E-state index in [1.807, 2.05) is 0 Å². The van der Waals surface area contributed by atoms with Crippen molar-refractivity contribution in [2.24, 2.45) is 4.99 Å². The Morgan fingerprint density at radius 1 is 1.19 bits per heavy atom. The molecule has 0 bridgehead atoms. The van der Waals surface area contributed by atoms with E-state index in [1.165, 1.54) is 31.4 Å². The van der Waals surface area contributed by atoms with E-state index in [9.17, 15) is 14.9 Å². The van der Waals surface area contributed by atoms with Gasteiger partial charge in [0.25, 0.3) is 5.69 Å². The number of hydrogen-bond donors (Lipinski definition) is 0. The van der Waals surface area contributed by atoms with E-state index in [0.29, 0.717) is 16.3 Å². The topological polar surface area (TPSA) is 91.0 Å². The monoisotopic (exact) mass is 392 g/mol. The van der Waals surface area contributed by atoms with E-state index in [1.54, 1.807) is 18.2 Å². The molecule has 1 aliphatic heterocycles. The molecule has 2 aromatic rings. The average molecular weight is 393 g/mol. The van der Waals surface area contributed by atoms with Gasteiger partial charge in [-0.1, -0.05) is 29.3 Å². The number of hydrogen-bond acceptors (Lipinski definition) is 6. The Morgan fingerprint density at radius 3 is 2.62 bits per heavy atom. The molecular formula is C17H10Cl2N2O5. The molecule has 0 amide bonds. The van der Waals surface area contributed by atoms with Crippen molar-refractivity contribution in [3.05, 3.63) is 73.4 Å². The number of benzene rings is 2. The second-order valence-corrected chi connectivity index (χ2v) is 5.97. The molecule has 9 heteroatoms. The van der Waals surface area contributed by atoms with E-state index in [4.69, 9.17) is 32.7 Å². The number of nitro benzene ring substituents is 1. The lowest BCUT2D eigenvalue weighted by Gasteiger charge is -2.03. The molecular weight excluding hydrogens is 383 g/mol. The number of halogens is 2. The number of nitrogens with zero attached hydrogens (tertiary/aromatic N) is 2. The number of cyclic esters (lactones) is 1. The number of ether oxygens (including phenoxy) is 2. The van der Waals surface area contributed by atoms with E-state index in [-0.39, 0.29) is 27.9 Å². The standard InChI is InChI=1S/C17H10Cl2N2O5/c1-25-15-5-2-9(6-12(15)19)7-13-17(22)26-16(20-13)10-3-4-11(18)14(8-10)21(23)24/h2-8H,1H3/b13-7+. The molecule has 1 aliphatic rings. The molecule has 7 nitrogen and oxygen atoms in total. The van der Waals surface area contributed by atoms with Crippen molar-refractivity contribution in [2.75, 3.05) is 7.11 Å². The first kappa shape index (κ1) is 17.9. The summed E-state index contributed by atoms with van der Waals surface area (Å²) >= 11 is 11.8. The third-order valence-corrected chi connectivity index (χ3v) is 4.10. The summed E-state index contributed by atoms with van der Waals surface area (Å²) in [5.74, 6) is -0.217. The van der Waals surface area contributed by atoms with Crippen LogP contribution in [-0.2, 0) is 9.53 Å². The fourth-order valence-corrected chi connectivity index (χ4v) is 2.70. The van der Waals surface area contributed by atoms with Crippen LogP contribution in [-0.4, -0.2) is 23.9 Å². The zero-order valence-electron chi connectivity index (χ0n) is 13.2. The van der Waals surface area contributed by atoms with Crippen molar-refractivity contribution in [2.45, 2.75) is 0 Å². The minimum Gasteiger partial charge on any atom is -0.495 e. The van der Waals surface area contributed by atoms with Crippen LogP contribution in [0.25, 0.3) is 6.08 Å². The predicted molar refractivity (Wildman–Crippen MR) is 96.7 cm³/mol. The van der Waals surface area contributed by atoms with Crippen LogP contribution in [0.3, 0.4) is 0 Å². The maximum Gasteiger partial charge on any atom is 0.363 e. The van der Waals surface area contributed by atoms with Crippen LogP contribution in [0, 0.1) is 10.1 Å². The highest BCUT2D eigenvalue weighted by atomic mass is 35.5. The van der Waals surface area contributed by atoms with Crippen molar-refractivity contribution in [3.63, 3.8) is 0 Å². The zero-order chi connectivity index (χ0) is 18.8. The third-order valence-electron chi connectivity index (χ3n) is 3.49. The summed E-state index contributed by atoms with van der Waals surface area (Å²) in [4.78, 5) is 26.5. The Labute approximate surface area is 157 Å². The highest BCUT2D eigenvalue weighted by Crippen LogP contribution is 2.29. The molecule has 0 fully saturated rings. The number of esters is 1. The molecule has 0 radical (unpaired) electrons. The average Bonchev–Trinajstić information content (AvgIpc) is 2.96. The van der Waals surface area contributed by atoms with Gasteiger partial charge in [0.2, 0.25) is 5.90 Å². The van der Waals surface area contributed by atoms with Crippen molar-refractivity contribution in [3.8, 4) is 5.75 Å². The quantitative estimate of drug-likeness (QED) is 0.335. The van der Waals surface area contributed by atoms with Gasteiger partial charge in [-0.25, -0.2) is 9.79 Å². The molecule has 0 saturated heterocycles. The first-order chi connectivity index (χ1) is 12.4. The Hall–Kier alpha value is -2.90. The van der Waals surface area contributed by atoms with Crippen molar-refractivity contribution in [1.82, 2.24) is 0 Å². The van der Waals surface area contributed by atoms with Crippen LogP contribution in [0.5, 0.6) is 5.75 Å². The van der Waals surface area contributed by atoms with Crippen LogP contribution in [0.1, 0.15) is 11.1 Å². The van der Waals surface area contributed by atoms with Gasteiger partial charge in [-0.05, 0) is 35.9 Å². The largest absolute Gasteiger partial charge is 0.495 e. The van der Waals surface area contributed by atoms with Crippen LogP contribution in [0.2, 0.25) is 10.0 Å². The van der Waals surface area contributed by atoms with Gasteiger partial charge < -0.3 is 9.47 Å². The summed E-state index contributed by atoms with van der Waals surface area (Å²) in [6.07, 6.45) is 1.49. The Balaban J connectivity index is 1.95.